The quantitative estimate of drug-likeness (QED) is 0.0900. The number of rotatable bonds is 12. The molecule has 0 aliphatic heterocycles. The highest BCUT2D eigenvalue weighted by atomic mass is 15.2. The van der Waals surface area contributed by atoms with Gasteiger partial charge in [-0.3, -0.25) is 9.88 Å². The first kappa shape index (κ1) is 48.0. The maximum absolute atomic E-state index is 4.96. The van der Waals surface area contributed by atoms with E-state index in [4.69, 9.17) is 4.98 Å². The Labute approximate surface area is 467 Å². The van der Waals surface area contributed by atoms with Gasteiger partial charge in [-0.15, -0.1) is 0 Å². The van der Waals surface area contributed by atoms with Crippen molar-refractivity contribution < 1.29 is 0 Å². The lowest BCUT2D eigenvalue weighted by atomic mass is 9.81. The summed E-state index contributed by atoms with van der Waals surface area (Å²) in [5.41, 5.74) is 19.8. The van der Waals surface area contributed by atoms with Crippen LogP contribution in [0.1, 0.15) is 25.0 Å². The van der Waals surface area contributed by atoms with Gasteiger partial charge in [-0.1, -0.05) is 226 Å². The fourth-order valence-corrected chi connectivity index (χ4v) is 12.3. The summed E-state index contributed by atoms with van der Waals surface area (Å²) in [6.07, 6.45) is 5.37. The van der Waals surface area contributed by atoms with Gasteiger partial charge in [0.15, 0.2) is 5.82 Å². The van der Waals surface area contributed by atoms with Gasteiger partial charge in [-0.25, -0.2) is 4.98 Å². The van der Waals surface area contributed by atoms with Gasteiger partial charge >= 0.3 is 0 Å². The Morgan fingerprint density at radius 3 is 1.16 bits per heavy atom. The normalized spacial score (nSPS) is 12.2. The van der Waals surface area contributed by atoms with Crippen molar-refractivity contribution in [2.24, 2.45) is 0 Å². The molecule has 12 aromatic carbocycles. The SMILES string of the molecule is CC1(C)c2cc(N(c3cnccn3)c3ccccc3-c3ccccc3)ccc2-c2cc3c(N(c4ccccc4)c4ccccc4-c4ccccc4)c4ccccc4c(N(c4ccccc4)c4ccccc4-c4ccccc4)c3cc21. The summed E-state index contributed by atoms with van der Waals surface area (Å²) in [6.45, 7) is 4.79. The predicted molar refractivity (Wildman–Crippen MR) is 335 cm³/mol. The lowest BCUT2D eigenvalue weighted by Gasteiger charge is -2.35. The van der Waals surface area contributed by atoms with E-state index in [1.54, 1.807) is 12.4 Å². The summed E-state index contributed by atoms with van der Waals surface area (Å²) >= 11 is 0. The molecule has 0 fully saturated rings. The van der Waals surface area contributed by atoms with E-state index in [9.17, 15) is 0 Å². The molecule has 0 radical (unpaired) electrons. The van der Waals surface area contributed by atoms with Crippen LogP contribution in [-0.4, -0.2) is 9.97 Å². The van der Waals surface area contributed by atoms with Gasteiger partial charge in [0.1, 0.15) is 0 Å². The second kappa shape index (κ2) is 20.2. The number of para-hydroxylation sites is 5. The molecule has 1 aliphatic rings. The number of fused-ring (bicyclic) bond motifs is 5. The Bertz CT molecular complexity index is 4380. The molecule has 0 atom stereocenters. The Hall–Kier alpha value is -10.4. The maximum atomic E-state index is 4.96. The van der Waals surface area contributed by atoms with Crippen molar-refractivity contribution in [3.05, 3.63) is 309 Å². The molecule has 1 aliphatic carbocycles. The monoisotopic (exact) mass is 1030 g/mol. The summed E-state index contributed by atoms with van der Waals surface area (Å²) < 4.78 is 0. The van der Waals surface area contributed by atoms with Crippen LogP contribution in [0.3, 0.4) is 0 Å². The second-order valence-electron chi connectivity index (χ2n) is 20.9. The Kier molecular flexibility index (Phi) is 12.1. The van der Waals surface area contributed by atoms with Crippen molar-refractivity contribution in [1.82, 2.24) is 9.97 Å². The molecule has 5 nitrogen and oxygen atoms in total. The van der Waals surface area contributed by atoms with Crippen LogP contribution in [0.4, 0.5) is 51.3 Å². The second-order valence-corrected chi connectivity index (χ2v) is 20.9. The van der Waals surface area contributed by atoms with E-state index in [0.717, 1.165) is 106 Å². The Morgan fingerprint density at radius 2 is 0.700 bits per heavy atom. The number of aromatic nitrogens is 2. The van der Waals surface area contributed by atoms with Gasteiger partial charge < -0.3 is 9.80 Å². The maximum Gasteiger partial charge on any atom is 0.156 e. The van der Waals surface area contributed by atoms with Crippen molar-refractivity contribution >= 4 is 72.9 Å². The largest absolute Gasteiger partial charge is 0.309 e. The third-order valence-corrected chi connectivity index (χ3v) is 15.9. The number of hydrogen-bond donors (Lipinski definition) is 0. The van der Waals surface area contributed by atoms with Crippen LogP contribution in [0.5, 0.6) is 0 Å². The van der Waals surface area contributed by atoms with E-state index in [2.05, 4.69) is 313 Å². The average molecular weight is 1030 g/mol. The molecule has 0 unspecified atom stereocenters. The summed E-state index contributed by atoms with van der Waals surface area (Å²) in [5, 5.41) is 4.53. The van der Waals surface area contributed by atoms with Crippen LogP contribution in [0, 0.1) is 0 Å². The Morgan fingerprint density at radius 1 is 0.300 bits per heavy atom. The summed E-state index contributed by atoms with van der Waals surface area (Å²) in [6, 6.07) is 101. The summed E-state index contributed by atoms with van der Waals surface area (Å²) in [4.78, 5) is 16.9. The standard InChI is InChI=1S/C75H55N5/c1-75(2)67-48-57(78(72-51-76-46-47-77-72)69-41-23-20-36-58(69)52-26-8-3-9-27-52)44-45-61(67)64-49-65-66(50-68(64)75)74(80(56-34-16-7-17-35-56)71-43-25-22-38-60(71)54-30-12-5-13-31-54)63-40-19-18-39-62(63)73(65)79(55-32-14-6-15-33-55)70-42-24-21-37-59(70)53-28-10-4-11-29-53/h3-51H,1-2H3. The Balaban J connectivity index is 1.09. The summed E-state index contributed by atoms with van der Waals surface area (Å²) in [7, 11) is 0. The minimum Gasteiger partial charge on any atom is -0.309 e. The van der Waals surface area contributed by atoms with Crippen LogP contribution in [0.25, 0.3) is 66.1 Å². The lowest BCUT2D eigenvalue weighted by Crippen LogP contribution is -2.18. The first-order valence-electron chi connectivity index (χ1n) is 27.4. The van der Waals surface area contributed by atoms with Crippen LogP contribution in [0.2, 0.25) is 0 Å². The van der Waals surface area contributed by atoms with Crippen LogP contribution in [-0.2, 0) is 5.41 Å². The van der Waals surface area contributed by atoms with Gasteiger partial charge in [0.05, 0.1) is 34.6 Å². The van der Waals surface area contributed by atoms with Gasteiger partial charge in [-0.05, 0) is 106 Å². The van der Waals surface area contributed by atoms with Crippen molar-refractivity contribution in [3.63, 3.8) is 0 Å². The van der Waals surface area contributed by atoms with Crippen molar-refractivity contribution in [2.75, 3.05) is 14.7 Å². The number of nitrogens with zero attached hydrogens (tertiary/aromatic N) is 5. The molecule has 5 heteroatoms. The molecule has 13 aromatic rings. The molecule has 1 heterocycles. The fourth-order valence-electron chi connectivity index (χ4n) is 12.3. The highest BCUT2D eigenvalue weighted by Gasteiger charge is 2.39. The minimum atomic E-state index is -0.441. The van der Waals surface area contributed by atoms with Crippen LogP contribution < -0.4 is 14.7 Å². The van der Waals surface area contributed by atoms with Gasteiger partial charge in [0.25, 0.3) is 0 Å². The number of benzene rings is 12. The van der Waals surface area contributed by atoms with Gasteiger partial charge in [-0.2, -0.15) is 0 Å². The zero-order valence-corrected chi connectivity index (χ0v) is 44.5. The van der Waals surface area contributed by atoms with E-state index in [1.807, 2.05) is 6.20 Å². The first-order valence-corrected chi connectivity index (χ1v) is 27.4. The van der Waals surface area contributed by atoms with E-state index in [0.29, 0.717) is 0 Å². The fraction of sp³-hybridized carbons (Fsp3) is 0.0400. The molecule has 1 aromatic heterocycles. The van der Waals surface area contributed by atoms with E-state index < -0.39 is 5.41 Å². The molecule has 0 saturated heterocycles. The van der Waals surface area contributed by atoms with Crippen LogP contribution in [0.15, 0.2) is 298 Å². The molecule has 0 bridgehead atoms. The topological polar surface area (TPSA) is 35.5 Å². The van der Waals surface area contributed by atoms with E-state index in [1.165, 1.54) is 22.3 Å². The molecule has 380 valence electrons. The van der Waals surface area contributed by atoms with Gasteiger partial charge in [0.2, 0.25) is 0 Å². The van der Waals surface area contributed by atoms with Crippen molar-refractivity contribution in [3.8, 4) is 44.5 Å². The van der Waals surface area contributed by atoms with Crippen molar-refractivity contribution in [1.29, 1.82) is 0 Å². The average Bonchev–Trinajstić information content (AvgIpc) is 3.71. The highest BCUT2D eigenvalue weighted by molar-refractivity contribution is 6.25. The van der Waals surface area contributed by atoms with E-state index >= 15 is 0 Å². The molecule has 0 spiro atoms. The molecular formula is C75H55N5. The molecule has 0 saturated carbocycles. The zero-order valence-electron chi connectivity index (χ0n) is 44.5. The van der Waals surface area contributed by atoms with Crippen LogP contribution >= 0.6 is 0 Å². The predicted octanol–water partition coefficient (Wildman–Crippen LogP) is 20.5. The lowest BCUT2D eigenvalue weighted by molar-refractivity contribution is 0.661. The smallest absolute Gasteiger partial charge is 0.156 e. The molecule has 0 N–H and O–H groups in total. The summed E-state index contributed by atoms with van der Waals surface area (Å²) in [5.74, 6) is 0.740. The third kappa shape index (κ3) is 8.27. The first-order chi connectivity index (χ1) is 39.5. The molecule has 0 amide bonds. The minimum absolute atomic E-state index is 0.441. The van der Waals surface area contributed by atoms with Crippen molar-refractivity contribution in [2.45, 2.75) is 19.3 Å². The third-order valence-electron chi connectivity index (χ3n) is 15.9. The highest BCUT2D eigenvalue weighted by Crippen LogP contribution is 2.58. The number of hydrogen-bond acceptors (Lipinski definition) is 5. The number of anilines is 9. The zero-order chi connectivity index (χ0) is 53.6. The molecular weight excluding hydrogens is 971 g/mol. The molecule has 14 rings (SSSR count). The van der Waals surface area contributed by atoms with E-state index in [-0.39, 0.29) is 0 Å². The molecule has 80 heavy (non-hydrogen) atoms. The van der Waals surface area contributed by atoms with Gasteiger partial charge in [0, 0.05) is 73.1 Å².